The molecule has 5 nitrogen and oxygen atoms in total. The van der Waals surface area contributed by atoms with Gasteiger partial charge < -0.3 is 9.72 Å². The molecule has 2 rings (SSSR count). The van der Waals surface area contributed by atoms with Crippen molar-refractivity contribution in [1.29, 1.82) is 0 Å². The summed E-state index contributed by atoms with van der Waals surface area (Å²) in [7, 11) is 0. The molecule has 0 aliphatic heterocycles. The van der Waals surface area contributed by atoms with E-state index in [9.17, 15) is 13.6 Å². The largest absolute Gasteiger partial charge is 0.434 e. The van der Waals surface area contributed by atoms with Gasteiger partial charge in [0.05, 0.1) is 5.71 Å². The van der Waals surface area contributed by atoms with Gasteiger partial charge in [0.15, 0.2) is 0 Å². The topological polar surface area (TPSA) is 66.5 Å². The number of amides is 1. The maximum Gasteiger partial charge on any atom is 0.387 e. The Kier molecular flexibility index (Phi) is 4.65. The molecule has 0 aliphatic rings. The van der Waals surface area contributed by atoms with Crippen LogP contribution in [0.1, 0.15) is 23.0 Å². The first-order valence-corrected chi connectivity index (χ1v) is 6.10. The number of carbonyl (C=O) groups is 1. The van der Waals surface area contributed by atoms with Crippen LogP contribution in [0.5, 0.6) is 5.75 Å². The van der Waals surface area contributed by atoms with Crippen LogP contribution in [-0.4, -0.2) is 23.2 Å². The fourth-order valence-electron chi connectivity index (χ4n) is 1.69. The molecule has 0 saturated carbocycles. The van der Waals surface area contributed by atoms with Gasteiger partial charge >= 0.3 is 6.61 Å². The van der Waals surface area contributed by atoms with Gasteiger partial charge in [0.1, 0.15) is 11.4 Å². The molecule has 0 bridgehead atoms. The lowest BCUT2D eigenvalue weighted by Gasteiger charge is -2.10. The minimum atomic E-state index is -2.92. The Bertz CT molecular complexity index is 639. The van der Waals surface area contributed by atoms with E-state index in [1.165, 1.54) is 6.07 Å². The molecule has 0 aliphatic carbocycles. The highest BCUT2D eigenvalue weighted by Gasteiger charge is 2.11. The predicted octanol–water partition coefficient (Wildman–Crippen LogP) is 2.77. The smallest absolute Gasteiger partial charge is 0.387 e. The highest BCUT2D eigenvalue weighted by Crippen LogP contribution is 2.20. The maximum absolute atomic E-state index is 12.3. The first-order valence-electron chi connectivity index (χ1n) is 6.10. The molecule has 1 amide bonds. The van der Waals surface area contributed by atoms with E-state index in [0.717, 1.165) is 0 Å². The van der Waals surface area contributed by atoms with Crippen molar-refractivity contribution in [3.05, 3.63) is 53.9 Å². The second-order valence-electron chi connectivity index (χ2n) is 4.10. The van der Waals surface area contributed by atoms with Gasteiger partial charge in [-0.05, 0) is 31.2 Å². The summed E-state index contributed by atoms with van der Waals surface area (Å²) < 4.78 is 29.1. The molecular formula is C14H13F2N3O2. The summed E-state index contributed by atoms with van der Waals surface area (Å²) >= 11 is 0. The normalized spacial score (nSPS) is 11.5. The minimum absolute atomic E-state index is 0.00266. The lowest BCUT2D eigenvalue weighted by Crippen LogP contribution is -2.20. The molecule has 0 atom stereocenters. The molecule has 0 fully saturated rings. The Balaban J connectivity index is 2.14. The third kappa shape index (κ3) is 3.88. The van der Waals surface area contributed by atoms with Crippen LogP contribution in [0.3, 0.4) is 0 Å². The summed E-state index contributed by atoms with van der Waals surface area (Å²) in [5.74, 6) is -0.422. The number of hydrazone groups is 1. The molecule has 2 N–H and O–H groups in total. The number of ether oxygens (including phenoxy) is 1. The second-order valence-corrected chi connectivity index (χ2v) is 4.10. The van der Waals surface area contributed by atoms with Gasteiger partial charge in [-0.15, -0.1) is 0 Å². The minimum Gasteiger partial charge on any atom is -0.434 e. The summed E-state index contributed by atoms with van der Waals surface area (Å²) in [5.41, 5.74) is 3.42. The van der Waals surface area contributed by atoms with Crippen molar-refractivity contribution in [2.24, 2.45) is 5.10 Å². The summed E-state index contributed by atoms with van der Waals surface area (Å²) in [6.07, 6.45) is 1.61. The van der Waals surface area contributed by atoms with Gasteiger partial charge in [-0.2, -0.15) is 13.9 Å². The highest BCUT2D eigenvalue weighted by molar-refractivity contribution is 6.02. The quantitative estimate of drug-likeness (QED) is 0.657. The molecule has 0 saturated heterocycles. The SMILES string of the molecule is C/C(=N/NC(=O)c1ccc[nH]1)c1ccccc1OC(F)F. The number of para-hydroxylation sites is 1. The van der Waals surface area contributed by atoms with Gasteiger partial charge in [0.2, 0.25) is 0 Å². The maximum atomic E-state index is 12.3. The third-order valence-electron chi connectivity index (χ3n) is 2.66. The van der Waals surface area contributed by atoms with E-state index in [4.69, 9.17) is 0 Å². The average molecular weight is 293 g/mol. The van der Waals surface area contributed by atoms with Crippen molar-refractivity contribution in [3.63, 3.8) is 0 Å². The van der Waals surface area contributed by atoms with E-state index in [-0.39, 0.29) is 5.75 Å². The number of carbonyl (C=O) groups excluding carboxylic acids is 1. The fraction of sp³-hybridized carbons (Fsp3) is 0.143. The number of nitrogens with one attached hydrogen (secondary N) is 2. The third-order valence-corrected chi connectivity index (χ3v) is 2.66. The number of benzene rings is 1. The van der Waals surface area contributed by atoms with Gasteiger partial charge in [-0.25, -0.2) is 5.43 Å². The number of rotatable bonds is 5. The molecule has 2 aromatic rings. The molecule has 1 heterocycles. The van der Waals surface area contributed by atoms with Crippen molar-refractivity contribution in [2.45, 2.75) is 13.5 Å². The van der Waals surface area contributed by atoms with Crippen molar-refractivity contribution in [2.75, 3.05) is 0 Å². The van der Waals surface area contributed by atoms with Crippen LogP contribution in [0.15, 0.2) is 47.7 Å². The van der Waals surface area contributed by atoms with Crippen LogP contribution in [0.4, 0.5) is 8.78 Å². The van der Waals surface area contributed by atoms with E-state index < -0.39 is 12.5 Å². The number of halogens is 2. The van der Waals surface area contributed by atoms with E-state index in [1.54, 1.807) is 43.5 Å². The van der Waals surface area contributed by atoms with Crippen molar-refractivity contribution in [1.82, 2.24) is 10.4 Å². The van der Waals surface area contributed by atoms with Gasteiger partial charge in [0, 0.05) is 11.8 Å². The molecule has 0 radical (unpaired) electrons. The summed E-state index contributed by atoms with van der Waals surface area (Å²) in [4.78, 5) is 14.4. The number of aromatic nitrogens is 1. The molecule has 7 heteroatoms. The number of H-pyrrole nitrogens is 1. The highest BCUT2D eigenvalue weighted by atomic mass is 19.3. The molecule has 1 aromatic carbocycles. The monoisotopic (exact) mass is 293 g/mol. The van der Waals surface area contributed by atoms with Crippen LogP contribution in [0.25, 0.3) is 0 Å². The molecule has 1 aromatic heterocycles. The Morgan fingerprint density at radius 3 is 2.71 bits per heavy atom. The van der Waals surface area contributed by atoms with Gasteiger partial charge in [-0.1, -0.05) is 12.1 Å². The number of nitrogens with zero attached hydrogens (tertiary/aromatic N) is 1. The van der Waals surface area contributed by atoms with Crippen LogP contribution in [0.2, 0.25) is 0 Å². The Morgan fingerprint density at radius 2 is 2.05 bits per heavy atom. The molecule has 0 unspecified atom stereocenters. The molecule has 0 spiro atoms. The van der Waals surface area contributed by atoms with E-state index in [1.807, 2.05) is 0 Å². The predicted molar refractivity (Wildman–Crippen MR) is 73.5 cm³/mol. The Hall–Kier alpha value is -2.70. The zero-order chi connectivity index (χ0) is 15.2. The lowest BCUT2D eigenvalue weighted by atomic mass is 10.1. The standard InChI is InChI=1S/C14H13F2N3O2/c1-9(18-19-13(20)11-6-4-8-17-11)10-5-2-3-7-12(10)21-14(15)16/h2-8,14,17H,1H3,(H,19,20)/b18-9-. The second kappa shape index (κ2) is 6.65. The fourth-order valence-corrected chi connectivity index (χ4v) is 1.69. The van der Waals surface area contributed by atoms with E-state index in [2.05, 4.69) is 20.2 Å². The van der Waals surface area contributed by atoms with Crippen molar-refractivity contribution < 1.29 is 18.3 Å². The van der Waals surface area contributed by atoms with Crippen molar-refractivity contribution >= 4 is 11.6 Å². The van der Waals surface area contributed by atoms with Crippen molar-refractivity contribution in [3.8, 4) is 5.75 Å². The zero-order valence-corrected chi connectivity index (χ0v) is 11.1. The number of hydrogen-bond acceptors (Lipinski definition) is 3. The first kappa shape index (κ1) is 14.7. The zero-order valence-electron chi connectivity index (χ0n) is 11.1. The Morgan fingerprint density at radius 1 is 1.29 bits per heavy atom. The number of hydrogen-bond donors (Lipinski definition) is 2. The van der Waals surface area contributed by atoms with Crippen LogP contribution in [0, 0.1) is 0 Å². The first-order chi connectivity index (χ1) is 10.1. The van der Waals surface area contributed by atoms with Gasteiger partial charge in [-0.3, -0.25) is 4.79 Å². The molecular weight excluding hydrogens is 280 g/mol. The van der Waals surface area contributed by atoms with E-state index >= 15 is 0 Å². The lowest BCUT2D eigenvalue weighted by molar-refractivity contribution is -0.0499. The summed E-state index contributed by atoms with van der Waals surface area (Å²) in [6, 6.07) is 9.50. The van der Waals surface area contributed by atoms with Crippen LogP contribution >= 0.6 is 0 Å². The summed E-state index contributed by atoms with van der Waals surface area (Å²) in [5, 5.41) is 3.89. The van der Waals surface area contributed by atoms with E-state index in [0.29, 0.717) is 17.0 Å². The number of aromatic amines is 1. The Labute approximate surface area is 119 Å². The van der Waals surface area contributed by atoms with Crippen LogP contribution < -0.4 is 10.2 Å². The van der Waals surface area contributed by atoms with Gasteiger partial charge in [0.25, 0.3) is 5.91 Å². The average Bonchev–Trinajstić information content (AvgIpc) is 2.98. The molecule has 21 heavy (non-hydrogen) atoms. The molecule has 110 valence electrons. The summed E-state index contributed by atoms with van der Waals surface area (Å²) in [6.45, 7) is -1.34. The number of alkyl halides is 2. The van der Waals surface area contributed by atoms with Crippen LogP contribution in [-0.2, 0) is 0 Å².